The summed E-state index contributed by atoms with van der Waals surface area (Å²) in [5.41, 5.74) is 2.11. The van der Waals surface area contributed by atoms with Crippen LogP contribution in [0, 0.1) is 5.82 Å². The number of nitrogens with zero attached hydrogens (tertiary/aromatic N) is 3. The maximum atomic E-state index is 13.2. The van der Waals surface area contributed by atoms with Gasteiger partial charge in [0.15, 0.2) is 5.16 Å². The fourth-order valence-corrected chi connectivity index (χ4v) is 4.07. The van der Waals surface area contributed by atoms with E-state index >= 15 is 0 Å². The van der Waals surface area contributed by atoms with Crippen molar-refractivity contribution < 1.29 is 9.18 Å². The van der Waals surface area contributed by atoms with E-state index in [2.05, 4.69) is 15.5 Å². The van der Waals surface area contributed by atoms with Crippen LogP contribution in [0.2, 0.25) is 5.02 Å². The largest absolute Gasteiger partial charge is 0.325 e. The van der Waals surface area contributed by atoms with Crippen molar-refractivity contribution in [3.05, 3.63) is 102 Å². The first-order valence-corrected chi connectivity index (χ1v) is 10.3. The highest BCUT2D eigenvalue weighted by atomic mass is 35.5. The molecule has 0 fully saturated rings. The quantitative estimate of drug-likeness (QED) is 0.402. The topological polar surface area (TPSA) is 59.8 Å². The van der Waals surface area contributed by atoms with Gasteiger partial charge in [-0.1, -0.05) is 59.8 Å². The fraction of sp³-hybridized carbons (Fsp3) is 0.0455. The maximum absolute atomic E-state index is 13.2. The molecule has 4 rings (SSSR count). The number of nitrogens with one attached hydrogen (secondary N) is 1. The summed E-state index contributed by atoms with van der Waals surface area (Å²) in [6.45, 7) is 0. The van der Waals surface area contributed by atoms with E-state index in [9.17, 15) is 9.18 Å². The summed E-state index contributed by atoms with van der Waals surface area (Å²) in [5.74, 6) is -0.616. The van der Waals surface area contributed by atoms with E-state index in [1.165, 1.54) is 36.0 Å². The molecule has 3 aromatic carbocycles. The number of amides is 1. The Hall–Kier alpha value is -3.16. The molecule has 1 atom stereocenters. The van der Waals surface area contributed by atoms with Crippen molar-refractivity contribution in [3.63, 3.8) is 0 Å². The molecule has 0 aliphatic heterocycles. The van der Waals surface area contributed by atoms with Gasteiger partial charge in [-0.05, 0) is 48.0 Å². The average Bonchev–Trinajstić information content (AvgIpc) is 3.22. The van der Waals surface area contributed by atoms with E-state index in [1.54, 1.807) is 23.0 Å². The second kappa shape index (κ2) is 9.11. The summed E-state index contributed by atoms with van der Waals surface area (Å²) >= 11 is 7.38. The van der Waals surface area contributed by atoms with Crippen molar-refractivity contribution in [3.8, 4) is 5.69 Å². The predicted molar refractivity (Wildman–Crippen MR) is 116 cm³/mol. The highest BCUT2D eigenvalue weighted by molar-refractivity contribution is 8.00. The van der Waals surface area contributed by atoms with E-state index in [-0.39, 0.29) is 11.7 Å². The second-order valence-corrected chi connectivity index (χ2v) is 7.88. The predicted octanol–water partition coefficient (Wildman–Crippen LogP) is 5.53. The van der Waals surface area contributed by atoms with Gasteiger partial charge in [-0.25, -0.2) is 4.39 Å². The molecule has 0 saturated heterocycles. The van der Waals surface area contributed by atoms with E-state index in [1.807, 2.05) is 42.5 Å². The third-order valence-corrected chi connectivity index (χ3v) is 5.72. The molecule has 0 saturated carbocycles. The lowest BCUT2D eigenvalue weighted by Crippen LogP contribution is -2.19. The number of halogens is 2. The number of carbonyl (C=O) groups is 1. The lowest BCUT2D eigenvalue weighted by atomic mass is 10.1. The number of aromatic nitrogens is 3. The molecule has 4 aromatic rings. The van der Waals surface area contributed by atoms with Crippen LogP contribution in [0.5, 0.6) is 0 Å². The number of hydrogen-bond acceptors (Lipinski definition) is 4. The third-order valence-electron chi connectivity index (χ3n) is 4.28. The van der Waals surface area contributed by atoms with Crippen LogP contribution in [-0.4, -0.2) is 20.7 Å². The van der Waals surface area contributed by atoms with Gasteiger partial charge in [-0.2, -0.15) is 0 Å². The smallest absolute Gasteiger partial charge is 0.242 e. The zero-order valence-electron chi connectivity index (χ0n) is 15.6. The summed E-state index contributed by atoms with van der Waals surface area (Å²) in [6.07, 6.45) is 1.58. The van der Waals surface area contributed by atoms with E-state index < -0.39 is 5.25 Å². The highest BCUT2D eigenvalue weighted by Crippen LogP contribution is 2.36. The second-order valence-electron chi connectivity index (χ2n) is 6.37. The Morgan fingerprint density at radius 2 is 1.80 bits per heavy atom. The Morgan fingerprint density at radius 3 is 2.53 bits per heavy atom. The van der Waals surface area contributed by atoms with E-state index in [0.717, 1.165) is 11.3 Å². The van der Waals surface area contributed by atoms with Gasteiger partial charge in [-0.15, -0.1) is 10.2 Å². The lowest BCUT2D eigenvalue weighted by Gasteiger charge is -2.17. The third kappa shape index (κ3) is 4.69. The van der Waals surface area contributed by atoms with Crippen LogP contribution in [0.15, 0.2) is 90.3 Å². The molecule has 0 radical (unpaired) electrons. The standard InChI is InChI=1S/C22H16ClFN4OS/c23-16-7-4-8-19(13-16)28-14-25-27-22(28)30-20(15-5-2-1-3-6-15)21(29)26-18-11-9-17(24)10-12-18/h1-14,20H,(H,26,29). The van der Waals surface area contributed by atoms with Crippen LogP contribution in [0.1, 0.15) is 10.8 Å². The van der Waals surface area contributed by atoms with Crippen molar-refractivity contribution in [2.24, 2.45) is 0 Å². The Labute approximate surface area is 181 Å². The van der Waals surface area contributed by atoms with Crippen LogP contribution in [0.25, 0.3) is 5.69 Å². The minimum Gasteiger partial charge on any atom is -0.325 e. The molecule has 1 amide bonds. The average molecular weight is 439 g/mol. The molecular formula is C22H16ClFN4OS. The number of anilines is 1. The number of carbonyl (C=O) groups excluding carboxylic acids is 1. The minimum atomic E-state index is -0.599. The molecule has 1 N–H and O–H groups in total. The summed E-state index contributed by atoms with van der Waals surface area (Å²) in [7, 11) is 0. The first-order chi connectivity index (χ1) is 14.6. The van der Waals surface area contributed by atoms with Gasteiger partial charge in [0.2, 0.25) is 5.91 Å². The minimum absolute atomic E-state index is 0.251. The Morgan fingerprint density at radius 1 is 1.03 bits per heavy atom. The highest BCUT2D eigenvalue weighted by Gasteiger charge is 2.25. The summed E-state index contributed by atoms with van der Waals surface area (Å²) in [5, 5.41) is 11.6. The molecule has 0 aliphatic rings. The summed E-state index contributed by atoms with van der Waals surface area (Å²) in [4.78, 5) is 13.1. The first-order valence-electron chi connectivity index (χ1n) is 9.04. The van der Waals surface area contributed by atoms with Crippen molar-refractivity contribution in [2.45, 2.75) is 10.4 Å². The normalized spacial score (nSPS) is 11.8. The molecule has 5 nitrogen and oxygen atoms in total. The van der Waals surface area contributed by atoms with Crippen molar-refractivity contribution in [2.75, 3.05) is 5.32 Å². The lowest BCUT2D eigenvalue weighted by molar-refractivity contribution is -0.115. The molecule has 1 aromatic heterocycles. The maximum Gasteiger partial charge on any atom is 0.242 e. The molecule has 1 unspecified atom stereocenters. The van der Waals surface area contributed by atoms with Crippen molar-refractivity contribution in [1.82, 2.24) is 14.8 Å². The molecule has 0 bridgehead atoms. The van der Waals surface area contributed by atoms with Gasteiger partial charge in [0.25, 0.3) is 0 Å². The number of rotatable bonds is 6. The Kier molecular flexibility index (Phi) is 6.11. The molecule has 0 spiro atoms. The first kappa shape index (κ1) is 20.1. The Balaban J connectivity index is 1.64. The molecule has 1 heterocycles. The zero-order valence-corrected chi connectivity index (χ0v) is 17.1. The fourth-order valence-electron chi connectivity index (χ4n) is 2.86. The van der Waals surface area contributed by atoms with Gasteiger partial charge in [0.1, 0.15) is 17.4 Å². The van der Waals surface area contributed by atoms with E-state index in [0.29, 0.717) is 15.9 Å². The van der Waals surface area contributed by atoms with Crippen LogP contribution in [0.4, 0.5) is 10.1 Å². The molecule has 8 heteroatoms. The molecule has 150 valence electrons. The van der Waals surface area contributed by atoms with Crippen molar-refractivity contribution >= 4 is 35.0 Å². The number of thioether (sulfide) groups is 1. The summed E-state index contributed by atoms with van der Waals surface area (Å²) in [6, 6.07) is 22.3. The summed E-state index contributed by atoms with van der Waals surface area (Å²) < 4.78 is 15.0. The Bertz CT molecular complexity index is 1150. The SMILES string of the molecule is O=C(Nc1ccc(F)cc1)C(Sc1nncn1-c1cccc(Cl)c1)c1ccccc1. The number of benzene rings is 3. The van der Waals surface area contributed by atoms with Crippen molar-refractivity contribution in [1.29, 1.82) is 0 Å². The number of hydrogen-bond donors (Lipinski definition) is 1. The molecule has 0 aliphatic carbocycles. The molecule has 30 heavy (non-hydrogen) atoms. The zero-order chi connectivity index (χ0) is 20.9. The van der Waals surface area contributed by atoms with Crippen LogP contribution in [-0.2, 0) is 4.79 Å². The van der Waals surface area contributed by atoms with Gasteiger partial charge in [0.05, 0.1) is 5.69 Å². The monoisotopic (exact) mass is 438 g/mol. The van der Waals surface area contributed by atoms with Gasteiger partial charge in [-0.3, -0.25) is 9.36 Å². The van der Waals surface area contributed by atoms with Crippen LogP contribution in [0.3, 0.4) is 0 Å². The van der Waals surface area contributed by atoms with E-state index in [4.69, 9.17) is 11.6 Å². The van der Waals surface area contributed by atoms with Gasteiger partial charge >= 0.3 is 0 Å². The van der Waals surface area contributed by atoms with Gasteiger partial charge < -0.3 is 5.32 Å². The molecular weight excluding hydrogens is 423 g/mol. The van der Waals surface area contributed by atoms with Crippen LogP contribution >= 0.6 is 23.4 Å². The van der Waals surface area contributed by atoms with Crippen LogP contribution < -0.4 is 5.32 Å². The van der Waals surface area contributed by atoms with Gasteiger partial charge in [0, 0.05) is 10.7 Å².